The van der Waals surface area contributed by atoms with E-state index in [4.69, 9.17) is 14.9 Å². The summed E-state index contributed by atoms with van der Waals surface area (Å²) in [6.45, 7) is 4.06. The number of hydrogen-bond acceptors (Lipinski definition) is 7. The first-order valence-electron chi connectivity index (χ1n) is 10.2. The highest BCUT2D eigenvalue weighted by Crippen LogP contribution is 2.31. The van der Waals surface area contributed by atoms with Gasteiger partial charge in [-0.3, -0.25) is 4.90 Å². The number of ether oxygens (including phenoxy) is 1. The first-order chi connectivity index (χ1) is 14.8. The molecule has 30 heavy (non-hydrogen) atoms. The van der Waals surface area contributed by atoms with Crippen LogP contribution in [0.2, 0.25) is 0 Å². The van der Waals surface area contributed by atoms with E-state index in [0.717, 1.165) is 23.4 Å². The van der Waals surface area contributed by atoms with Crippen LogP contribution in [0.1, 0.15) is 12.8 Å². The minimum Gasteiger partial charge on any atom is -0.492 e. The van der Waals surface area contributed by atoms with Crippen molar-refractivity contribution in [2.24, 2.45) is 0 Å². The van der Waals surface area contributed by atoms with Gasteiger partial charge in [-0.05, 0) is 61.8 Å². The van der Waals surface area contributed by atoms with E-state index < -0.39 is 0 Å². The lowest BCUT2D eigenvalue weighted by molar-refractivity contribution is 0.238. The van der Waals surface area contributed by atoms with E-state index in [1.807, 2.05) is 42.5 Å². The van der Waals surface area contributed by atoms with Crippen LogP contribution < -0.4 is 10.5 Å². The minimum absolute atomic E-state index is 0.368. The second-order valence-electron chi connectivity index (χ2n) is 7.43. The van der Waals surface area contributed by atoms with Crippen LogP contribution in [0, 0.1) is 0 Å². The Morgan fingerprint density at radius 3 is 2.67 bits per heavy atom. The summed E-state index contributed by atoms with van der Waals surface area (Å²) in [4.78, 5) is 15.5. The maximum absolute atomic E-state index is 6.10. The van der Waals surface area contributed by atoms with Gasteiger partial charge < -0.3 is 14.9 Å². The number of oxazole rings is 1. The molecule has 0 aliphatic carbocycles. The molecule has 0 saturated carbocycles. The molecule has 1 fully saturated rings. The molecule has 0 bridgehead atoms. The predicted octanol–water partition coefficient (Wildman–Crippen LogP) is 4.01. The lowest BCUT2D eigenvalue weighted by atomic mass is 10.1. The Morgan fingerprint density at radius 2 is 1.87 bits per heavy atom. The Kier molecular flexibility index (Phi) is 5.03. The standard InChI is InChI=1S/C23H23N5O2/c24-21-19(22-27-20-4-3-9-25-23(20)30-22)14-17(15-26-21)16-5-7-18(8-6-16)29-13-12-28-10-1-2-11-28/h3-9,14-15H,1-2,10-13H2,(H2,24,26). The molecule has 0 amide bonds. The van der Waals surface area contributed by atoms with Crippen molar-refractivity contribution < 1.29 is 9.15 Å². The highest BCUT2D eigenvalue weighted by atomic mass is 16.5. The lowest BCUT2D eigenvalue weighted by Crippen LogP contribution is -2.25. The largest absolute Gasteiger partial charge is 0.492 e. The molecule has 5 rings (SSSR count). The summed E-state index contributed by atoms with van der Waals surface area (Å²) in [5, 5.41) is 0. The number of nitrogen functional groups attached to an aromatic ring is 1. The summed E-state index contributed by atoms with van der Waals surface area (Å²) in [7, 11) is 0. The zero-order valence-electron chi connectivity index (χ0n) is 16.6. The Labute approximate surface area is 174 Å². The minimum atomic E-state index is 0.368. The number of benzene rings is 1. The fraction of sp³-hybridized carbons (Fsp3) is 0.261. The van der Waals surface area contributed by atoms with Gasteiger partial charge in [0.2, 0.25) is 11.6 Å². The molecular formula is C23H23N5O2. The summed E-state index contributed by atoms with van der Waals surface area (Å²) in [6, 6.07) is 13.6. The molecule has 4 heterocycles. The van der Waals surface area contributed by atoms with Gasteiger partial charge in [-0.15, -0.1) is 0 Å². The van der Waals surface area contributed by atoms with Gasteiger partial charge in [0.05, 0.1) is 5.56 Å². The second-order valence-corrected chi connectivity index (χ2v) is 7.43. The topological polar surface area (TPSA) is 90.3 Å². The van der Waals surface area contributed by atoms with Crippen molar-refractivity contribution in [1.82, 2.24) is 19.9 Å². The molecule has 0 radical (unpaired) electrons. The van der Waals surface area contributed by atoms with Crippen LogP contribution in [0.3, 0.4) is 0 Å². The molecule has 7 nitrogen and oxygen atoms in total. The molecule has 7 heteroatoms. The van der Waals surface area contributed by atoms with Crippen LogP contribution in [0.25, 0.3) is 33.8 Å². The van der Waals surface area contributed by atoms with E-state index in [0.29, 0.717) is 35.1 Å². The van der Waals surface area contributed by atoms with E-state index in [1.54, 1.807) is 12.4 Å². The number of rotatable bonds is 6. The van der Waals surface area contributed by atoms with Crippen molar-refractivity contribution in [1.29, 1.82) is 0 Å². The van der Waals surface area contributed by atoms with Gasteiger partial charge in [-0.1, -0.05) is 12.1 Å². The Balaban J connectivity index is 1.33. The third kappa shape index (κ3) is 3.84. The maximum Gasteiger partial charge on any atom is 0.247 e. The lowest BCUT2D eigenvalue weighted by Gasteiger charge is -2.15. The molecule has 0 spiro atoms. The van der Waals surface area contributed by atoms with Crippen molar-refractivity contribution in [3.63, 3.8) is 0 Å². The Bertz CT molecular complexity index is 1120. The molecule has 3 aromatic heterocycles. The average Bonchev–Trinajstić information content (AvgIpc) is 3.44. The fourth-order valence-electron chi connectivity index (χ4n) is 3.73. The molecule has 0 atom stereocenters. The van der Waals surface area contributed by atoms with E-state index in [-0.39, 0.29) is 0 Å². The molecule has 1 aromatic carbocycles. The summed E-state index contributed by atoms with van der Waals surface area (Å²) < 4.78 is 11.7. The number of nitrogens with zero attached hydrogens (tertiary/aromatic N) is 4. The van der Waals surface area contributed by atoms with E-state index in [9.17, 15) is 0 Å². The van der Waals surface area contributed by atoms with E-state index >= 15 is 0 Å². The van der Waals surface area contributed by atoms with Gasteiger partial charge in [-0.25, -0.2) is 15.0 Å². The monoisotopic (exact) mass is 401 g/mol. The number of aromatic nitrogens is 3. The van der Waals surface area contributed by atoms with Crippen LogP contribution in [-0.2, 0) is 0 Å². The molecule has 1 aliphatic heterocycles. The Morgan fingerprint density at radius 1 is 1.03 bits per heavy atom. The number of hydrogen-bond donors (Lipinski definition) is 1. The van der Waals surface area contributed by atoms with Crippen molar-refractivity contribution in [2.75, 3.05) is 32.0 Å². The average molecular weight is 401 g/mol. The predicted molar refractivity (Wildman–Crippen MR) is 116 cm³/mol. The van der Waals surface area contributed by atoms with Crippen LogP contribution >= 0.6 is 0 Å². The summed E-state index contributed by atoms with van der Waals surface area (Å²) in [5.74, 6) is 1.65. The third-order valence-corrected chi connectivity index (χ3v) is 5.38. The number of likely N-dealkylation sites (tertiary alicyclic amines) is 1. The van der Waals surface area contributed by atoms with Crippen LogP contribution in [0.5, 0.6) is 5.75 Å². The molecule has 0 unspecified atom stereocenters. The number of pyridine rings is 2. The normalized spacial score (nSPS) is 14.4. The maximum atomic E-state index is 6.10. The van der Waals surface area contributed by atoms with Gasteiger partial charge in [0.1, 0.15) is 23.7 Å². The SMILES string of the molecule is Nc1ncc(-c2ccc(OCCN3CCCC3)cc2)cc1-c1nc2cccnc2o1. The first kappa shape index (κ1) is 18.6. The second kappa shape index (κ2) is 8.12. The van der Waals surface area contributed by atoms with Crippen LogP contribution in [0.15, 0.2) is 59.3 Å². The summed E-state index contributed by atoms with van der Waals surface area (Å²) in [5.41, 5.74) is 9.86. The summed E-state index contributed by atoms with van der Waals surface area (Å²) in [6.07, 6.45) is 6.02. The molecule has 152 valence electrons. The van der Waals surface area contributed by atoms with Gasteiger partial charge in [0.15, 0.2) is 0 Å². The number of fused-ring (bicyclic) bond motifs is 1. The van der Waals surface area contributed by atoms with Crippen LogP contribution in [0.4, 0.5) is 5.82 Å². The van der Waals surface area contributed by atoms with Crippen molar-refractivity contribution in [3.05, 3.63) is 54.9 Å². The first-order valence-corrected chi connectivity index (χ1v) is 10.2. The van der Waals surface area contributed by atoms with Gasteiger partial charge in [0.25, 0.3) is 0 Å². The zero-order valence-corrected chi connectivity index (χ0v) is 16.6. The van der Waals surface area contributed by atoms with Gasteiger partial charge in [0, 0.05) is 24.5 Å². The summed E-state index contributed by atoms with van der Waals surface area (Å²) >= 11 is 0. The quantitative estimate of drug-likeness (QED) is 0.522. The van der Waals surface area contributed by atoms with Crippen molar-refractivity contribution in [3.8, 4) is 28.3 Å². The Hall–Kier alpha value is -3.45. The van der Waals surface area contributed by atoms with Crippen LogP contribution in [-0.4, -0.2) is 46.1 Å². The zero-order chi connectivity index (χ0) is 20.3. The third-order valence-electron chi connectivity index (χ3n) is 5.38. The molecular weight excluding hydrogens is 378 g/mol. The van der Waals surface area contributed by atoms with Gasteiger partial charge in [-0.2, -0.15) is 0 Å². The van der Waals surface area contributed by atoms with Gasteiger partial charge >= 0.3 is 0 Å². The smallest absolute Gasteiger partial charge is 0.247 e. The van der Waals surface area contributed by atoms with Crippen molar-refractivity contribution in [2.45, 2.75) is 12.8 Å². The molecule has 4 aromatic rings. The van der Waals surface area contributed by atoms with E-state index in [2.05, 4.69) is 19.9 Å². The fourth-order valence-corrected chi connectivity index (χ4v) is 3.73. The highest BCUT2D eigenvalue weighted by Gasteiger charge is 2.14. The molecule has 2 N–H and O–H groups in total. The number of nitrogens with two attached hydrogens (primary N) is 1. The molecule has 1 saturated heterocycles. The van der Waals surface area contributed by atoms with Crippen molar-refractivity contribution >= 4 is 17.0 Å². The highest BCUT2D eigenvalue weighted by molar-refractivity contribution is 5.79. The molecule has 1 aliphatic rings. The number of anilines is 1. The van der Waals surface area contributed by atoms with E-state index in [1.165, 1.54) is 25.9 Å².